The van der Waals surface area contributed by atoms with Crippen LogP contribution in [0.4, 0.5) is 0 Å². The molecule has 30 heavy (non-hydrogen) atoms. The molecule has 0 unspecified atom stereocenters. The highest BCUT2D eigenvalue weighted by molar-refractivity contribution is 5.83. The van der Waals surface area contributed by atoms with E-state index in [1.807, 2.05) is 33.9 Å². The van der Waals surface area contributed by atoms with Crippen molar-refractivity contribution in [2.45, 2.75) is 48.5 Å². The molecule has 0 bridgehead atoms. The Hall–Kier alpha value is -3.06. The molecule has 1 heterocycles. The van der Waals surface area contributed by atoms with Gasteiger partial charge in [-0.2, -0.15) is 0 Å². The summed E-state index contributed by atoms with van der Waals surface area (Å²) in [6, 6.07) is 17.1. The van der Waals surface area contributed by atoms with Crippen LogP contribution in [0.3, 0.4) is 0 Å². The maximum Gasteiger partial charge on any atom is 0.0460 e. The van der Waals surface area contributed by atoms with Crippen LogP contribution in [-0.2, 0) is 0 Å². The molecule has 1 aromatic heterocycles. The van der Waals surface area contributed by atoms with Crippen molar-refractivity contribution in [3.05, 3.63) is 108 Å². The smallest absolute Gasteiger partial charge is 0.0460 e. The van der Waals surface area contributed by atoms with Crippen molar-refractivity contribution >= 4 is 22.0 Å². The van der Waals surface area contributed by atoms with Gasteiger partial charge in [-0.3, -0.25) is 0 Å². The lowest BCUT2D eigenvalue weighted by atomic mass is 10.0. The summed E-state index contributed by atoms with van der Waals surface area (Å²) in [5.41, 5.74) is 8.62. The number of hydrogen-bond donors (Lipinski definition) is 1. The normalized spacial score (nSPS) is 11.6. The third-order valence-electron chi connectivity index (χ3n) is 4.58. The lowest BCUT2D eigenvalue weighted by Crippen LogP contribution is -1.82. The van der Waals surface area contributed by atoms with E-state index in [2.05, 4.69) is 105 Å². The molecule has 0 saturated heterocycles. The van der Waals surface area contributed by atoms with Crippen molar-refractivity contribution in [1.82, 2.24) is 4.98 Å². The van der Waals surface area contributed by atoms with Gasteiger partial charge >= 0.3 is 0 Å². The molecule has 158 valence electrons. The molecule has 3 rings (SSSR count). The number of aromatic nitrogens is 1. The van der Waals surface area contributed by atoms with Gasteiger partial charge in [-0.15, -0.1) is 0 Å². The average Bonchev–Trinajstić information content (AvgIpc) is 3.23. The number of allylic oxidation sites excluding steroid dienone is 7. The number of H-pyrrole nitrogens is 1. The van der Waals surface area contributed by atoms with Crippen molar-refractivity contribution in [2.24, 2.45) is 0 Å². The highest BCUT2D eigenvalue weighted by Gasteiger charge is 1.98. The first-order chi connectivity index (χ1) is 14.4. The summed E-state index contributed by atoms with van der Waals surface area (Å²) in [5.74, 6) is 0. The largest absolute Gasteiger partial charge is 0.361 e. The van der Waals surface area contributed by atoms with E-state index < -0.39 is 0 Å². The van der Waals surface area contributed by atoms with E-state index in [0.717, 1.165) is 5.57 Å². The Morgan fingerprint density at radius 1 is 0.900 bits per heavy atom. The second kappa shape index (κ2) is 13.2. The average molecular weight is 400 g/mol. The van der Waals surface area contributed by atoms with E-state index in [1.54, 1.807) is 0 Å². The number of aryl methyl sites for hydroxylation is 1. The summed E-state index contributed by atoms with van der Waals surface area (Å²) in [7, 11) is 0. The van der Waals surface area contributed by atoms with Gasteiger partial charge in [-0.1, -0.05) is 92.3 Å². The fourth-order valence-corrected chi connectivity index (χ4v) is 2.88. The second-order valence-corrected chi connectivity index (χ2v) is 7.06. The summed E-state index contributed by atoms with van der Waals surface area (Å²) < 4.78 is 0. The highest BCUT2D eigenvalue weighted by atomic mass is 14.7. The van der Waals surface area contributed by atoms with Gasteiger partial charge in [-0.25, -0.2) is 0 Å². The van der Waals surface area contributed by atoms with Crippen molar-refractivity contribution in [2.75, 3.05) is 0 Å². The number of nitrogens with one attached hydrogen (secondary N) is 1. The molecular weight excluding hydrogens is 362 g/mol. The molecule has 2 aromatic carbocycles. The maximum absolute atomic E-state index is 3.91. The van der Waals surface area contributed by atoms with Gasteiger partial charge in [-0.05, 0) is 74.4 Å². The van der Waals surface area contributed by atoms with E-state index in [1.165, 1.54) is 38.7 Å². The van der Waals surface area contributed by atoms with Crippen LogP contribution in [0.1, 0.15) is 58.2 Å². The lowest BCUT2D eigenvalue weighted by Gasteiger charge is -2.03. The molecule has 1 heteroatoms. The monoisotopic (exact) mass is 399 g/mol. The quantitative estimate of drug-likeness (QED) is 0.421. The standard InChI is InChI=1S/C15H18.C12H13N.C2H6/c1-5-6-15(11-12(2)3)14-9-7-13(4)8-10-14;1-3-9(2)11-5-4-10-6-7-13-12(10)8-11;1-2/h5-11H,2H2,1,3-4H3;3-8,13H,1-2H3;1-2H3/b6-5-,15-11+;9-3+;. The van der Waals surface area contributed by atoms with Gasteiger partial charge in [0.25, 0.3) is 0 Å². The van der Waals surface area contributed by atoms with Crippen LogP contribution in [0.5, 0.6) is 0 Å². The molecule has 0 aliphatic heterocycles. The molecule has 0 radical (unpaired) electrons. The van der Waals surface area contributed by atoms with Crippen molar-refractivity contribution < 1.29 is 0 Å². The Morgan fingerprint density at radius 3 is 2.10 bits per heavy atom. The van der Waals surface area contributed by atoms with Crippen LogP contribution in [0.25, 0.3) is 22.0 Å². The van der Waals surface area contributed by atoms with Crippen LogP contribution in [0.2, 0.25) is 0 Å². The van der Waals surface area contributed by atoms with Gasteiger partial charge in [0, 0.05) is 11.7 Å². The van der Waals surface area contributed by atoms with Crippen molar-refractivity contribution in [3.63, 3.8) is 0 Å². The second-order valence-electron chi connectivity index (χ2n) is 7.06. The Balaban J connectivity index is 0.000000279. The number of benzene rings is 2. The fourth-order valence-electron chi connectivity index (χ4n) is 2.88. The lowest BCUT2D eigenvalue weighted by molar-refractivity contribution is 1.45. The van der Waals surface area contributed by atoms with E-state index in [-0.39, 0.29) is 0 Å². The molecule has 0 fully saturated rings. The molecule has 0 spiro atoms. The van der Waals surface area contributed by atoms with Crippen LogP contribution >= 0.6 is 0 Å². The summed E-state index contributed by atoms with van der Waals surface area (Å²) in [4.78, 5) is 3.21. The van der Waals surface area contributed by atoms with Crippen LogP contribution in [0.15, 0.2) is 91.2 Å². The summed E-state index contributed by atoms with van der Waals surface area (Å²) >= 11 is 0. The van der Waals surface area contributed by atoms with Gasteiger partial charge in [0.05, 0.1) is 0 Å². The third kappa shape index (κ3) is 7.75. The molecule has 0 saturated carbocycles. The molecular formula is C29H37N. The van der Waals surface area contributed by atoms with Crippen LogP contribution < -0.4 is 0 Å². The first-order valence-corrected chi connectivity index (χ1v) is 10.7. The zero-order valence-electron chi connectivity index (χ0n) is 19.7. The molecule has 0 aliphatic rings. The Kier molecular flexibility index (Phi) is 11.0. The Morgan fingerprint density at radius 2 is 1.53 bits per heavy atom. The van der Waals surface area contributed by atoms with E-state index in [9.17, 15) is 0 Å². The molecule has 0 aliphatic carbocycles. The topological polar surface area (TPSA) is 15.8 Å². The molecule has 0 atom stereocenters. The SMILES string of the molecule is C/C=C(\C)c1ccc2cc[nH]c2c1.C=C(C)/C=C(\C=C/C)c1ccc(C)cc1.CC. The zero-order valence-corrected chi connectivity index (χ0v) is 19.7. The summed E-state index contributed by atoms with van der Waals surface area (Å²) in [6.07, 6.45) is 10.4. The Bertz CT molecular complexity index is 1010. The van der Waals surface area contributed by atoms with E-state index >= 15 is 0 Å². The molecule has 1 N–H and O–H groups in total. The van der Waals surface area contributed by atoms with E-state index in [4.69, 9.17) is 0 Å². The maximum atomic E-state index is 3.91. The number of hydrogen-bond acceptors (Lipinski definition) is 0. The van der Waals surface area contributed by atoms with Crippen LogP contribution in [-0.4, -0.2) is 4.98 Å². The molecule has 0 amide bonds. The summed E-state index contributed by atoms with van der Waals surface area (Å²) in [6.45, 7) is 18.2. The van der Waals surface area contributed by atoms with E-state index in [0.29, 0.717) is 0 Å². The van der Waals surface area contributed by atoms with Gasteiger partial charge in [0.15, 0.2) is 0 Å². The van der Waals surface area contributed by atoms with Crippen molar-refractivity contribution in [1.29, 1.82) is 0 Å². The van der Waals surface area contributed by atoms with Gasteiger partial charge in [0.2, 0.25) is 0 Å². The highest BCUT2D eigenvalue weighted by Crippen LogP contribution is 2.20. The molecule has 3 aromatic rings. The minimum Gasteiger partial charge on any atom is -0.361 e. The predicted octanol–water partition coefficient (Wildman–Crippen LogP) is 9.15. The predicted molar refractivity (Wildman–Crippen MR) is 138 cm³/mol. The minimum absolute atomic E-state index is 1.07. The minimum atomic E-state index is 1.07. The van der Waals surface area contributed by atoms with Crippen molar-refractivity contribution in [3.8, 4) is 0 Å². The first kappa shape index (κ1) is 25.0. The third-order valence-corrected chi connectivity index (χ3v) is 4.58. The number of rotatable bonds is 4. The number of fused-ring (bicyclic) bond motifs is 1. The molecule has 1 nitrogen and oxygen atoms in total. The van der Waals surface area contributed by atoms with Gasteiger partial charge in [0.1, 0.15) is 0 Å². The van der Waals surface area contributed by atoms with Gasteiger partial charge < -0.3 is 4.98 Å². The summed E-state index contributed by atoms with van der Waals surface area (Å²) in [5, 5.41) is 1.27. The fraction of sp³-hybridized carbons (Fsp3) is 0.241. The van der Waals surface area contributed by atoms with Crippen LogP contribution in [0, 0.1) is 6.92 Å². The first-order valence-electron chi connectivity index (χ1n) is 10.7. The Labute approximate surface area is 183 Å². The zero-order chi connectivity index (χ0) is 22.5. The number of aromatic amines is 1.